The second-order valence-electron chi connectivity index (χ2n) is 6.65. The van der Waals surface area contributed by atoms with Gasteiger partial charge in [0.2, 0.25) is 0 Å². The molecule has 24 heavy (non-hydrogen) atoms. The maximum absolute atomic E-state index is 12.8. The van der Waals surface area contributed by atoms with Crippen molar-refractivity contribution in [3.63, 3.8) is 0 Å². The molecule has 3 heteroatoms. The standard InChI is InChI=1S/C21H27NOS/c1-13(2)24-20-10-8-7-9-18(20)21(23)22-17(6)19-12-15(4)14(3)11-16(19)5/h7-13,17H,1-6H3,(H,22,23). The molecular weight excluding hydrogens is 314 g/mol. The van der Waals surface area contributed by atoms with Crippen LogP contribution in [0.4, 0.5) is 0 Å². The molecule has 0 aliphatic heterocycles. The first-order chi connectivity index (χ1) is 11.3. The summed E-state index contributed by atoms with van der Waals surface area (Å²) >= 11 is 1.72. The Labute approximate surface area is 150 Å². The zero-order chi connectivity index (χ0) is 17.9. The van der Waals surface area contributed by atoms with Gasteiger partial charge in [-0.3, -0.25) is 4.79 Å². The van der Waals surface area contributed by atoms with E-state index in [9.17, 15) is 4.79 Å². The van der Waals surface area contributed by atoms with Gasteiger partial charge in [0.1, 0.15) is 0 Å². The van der Waals surface area contributed by atoms with Crippen LogP contribution < -0.4 is 5.32 Å². The molecule has 1 N–H and O–H groups in total. The second-order valence-corrected chi connectivity index (χ2v) is 8.27. The van der Waals surface area contributed by atoms with E-state index in [0.717, 1.165) is 10.5 Å². The zero-order valence-electron chi connectivity index (χ0n) is 15.4. The molecule has 1 unspecified atom stereocenters. The summed E-state index contributed by atoms with van der Waals surface area (Å²) in [4.78, 5) is 13.8. The van der Waals surface area contributed by atoms with Crippen molar-refractivity contribution in [2.24, 2.45) is 0 Å². The third-order valence-electron chi connectivity index (χ3n) is 4.19. The summed E-state index contributed by atoms with van der Waals surface area (Å²) < 4.78 is 0. The molecule has 2 aromatic rings. The summed E-state index contributed by atoms with van der Waals surface area (Å²) in [6.45, 7) is 12.7. The molecule has 2 aromatic carbocycles. The lowest BCUT2D eigenvalue weighted by Crippen LogP contribution is -2.27. The fourth-order valence-corrected chi connectivity index (χ4v) is 3.77. The van der Waals surface area contributed by atoms with Crippen LogP contribution in [0.5, 0.6) is 0 Å². The Bertz CT molecular complexity index is 737. The highest BCUT2D eigenvalue weighted by Crippen LogP contribution is 2.27. The van der Waals surface area contributed by atoms with Crippen molar-refractivity contribution in [2.45, 2.75) is 57.7 Å². The molecule has 0 spiro atoms. The molecule has 0 saturated carbocycles. The Kier molecular flexibility index (Phi) is 6.11. The van der Waals surface area contributed by atoms with Crippen LogP contribution in [0.3, 0.4) is 0 Å². The van der Waals surface area contributed by atoms with Crippen LogP contribution in [0.2, 0.25) is 0 Å². The van der Waals surface area contributed by atoms with Gasteiger partial charge in [0.05, 0.1) is 11.6 Å². The van der Waals surface area contributed by atoms with Gasteiger partial charge in [0, 0.05) is 10.1 Å². The molecule has 2 nitrogen and oxygen atoms in total. The number of thioether (sulfide) groups is 1. The smallest absolute Gasteiger partial charge is 0.252 e. The molecule has 0 aliphatic carbocycles. The lowest BCUT2D eigenvalue weighted by molar-refractivity contribution is 0.0937. The summed E-state index contributed by atoms with van der Waals surface area (Å²) in [5, 5.41) is 3.60. The molecule has 0 bridgehead atoms. The molecule has 0 fully saturated rings. The maximum atomic E-state index is 12.8. The minimum atomic E-state index is -0.0195. The Balaban J connectivity index is 2.22. The third kappa shape index (κ3) is 4.41. The number of rotatable bonds is 5. The first-order valence-corrected chi connectivity index (χ1v) is 9.32. The van der Waals surface area contributed by atoms with Gasteiger partial charge in [0.25, 0.3) is 5.91 Å². The van der Waals surface area contributed by atoms with E-state index in [2.05, 4.69) is 52.1 Å². The normalized spacial score (nSPS) is 12.3. The highest BCUT2D eigenvalue weighted by Gasteiger charge is 2.17. The summed E-state index contributed by atoms with van der Waals surface area (Å²) in [7, 11) is 0. The van der Waals surface area contributed by atoms with Crippen molar-refractivity contribution < 1.29 is 4.79 Å². The first-order valence-electron chi connectivity index (χ1n) is 8.44. The van der Waals surface area contributed by atoms with E-state index in [1.807, 2.05) is 31.2 Å². The summed E-state index contributed by atoms with van der Waals surface area (Å²) in [5.74, 6) is -0.0103. The van der Waals surface area contributed by atoms with Gasteiger partial charge in [-0.1, -0.05) is 38.1 Å². The van der Waals surface area contributed by atoms with Gasteiger partial charge >= 0.3 is 0 Å². The minimum Gasteiger partial charge on any atom is -0.345 e. The Hall–Kier alpha value is -1.74. The Morgan fingerprint density at radius 2 is 1.58 bits per heavy atom. The number of aryl methyl sites for hydroxylation is 3. The zero-order valence-corrected chi connectivity index (χ0v) is 16.3. The van der Waals surface area contributed by atoms with Gasteiger partial charge in [0.15, 0.2) is 0 Å². The van der Waals surface area contributed by atoms with E-state index in [0.29, 0.717) is 5.25 Å². The second kappa shape index (κ2) is 7.89. The van der Waals surface area contributed by atoms with Crippen molar-refractivity contribution in [3.05, 3.63) is 64.2 Å². The van der Waals surface area contributed by atoms with Crippen LogP contribution >= 0.6 is 11.8 Å². The van der Waals surface area contributed by atoms with E-state index >= 15 is 0 Å². The maximum Gasteiger partial charge on any atom is 0.252 e. The molecule has 0 aromatic heterocycles. The van der Waals surface area contributed by atoms with Gasteiger partial charge in [-0.05, 0) is 62.1 Å². The van der Waals surface area contributed by atoms with Gasteiger partial charge in [-0.25, -0.2) is 0 Å². The summed E-state index contributed by atoms with van der Waals surface area (Å²) in [5.41, 5.74) is 5.70. The van der Waals surface area contributed by atoms with E-state index in [1.54, 1.807) is 11.8 Å². The van der Waals surface area contributed by atoms with Crippen molar-refractivity contribution in [1.82, 2.24) is 5.32 Å². The predicted octanol–water partition coefficient (Wildman–Crippen LogP) is 5.60. The molecule has 0 radical (unpaired) electrons. The number of benzene rings is 2. The molecule has 128 valence electrons. The van der Waals surface area contributed by atoms with Crippen LogP contribution in [-0.2, 0) is 0 Å². The quantitative estimate of drug-likeness (QED) is 0.717. The molecule has 0 aliphatic rings. The van der Waals surface area contributed by atoms with Crippen LogP contribution in [0.1, 0.15) is 59.4 Å². The highest BCUT2D eigenvalue weighted by atomic mass is 32.2. The molecule has 1 atom stereocenters. The fourth-order valence-electron chi connectivity index (χ4n) is 2.81. The SMILES string of the molecule is Cc1cc(C)c(C(C)NC(=O)c2ccccc2SC(C)C)cc1C. The fraction of sp³-hybridized carbons (Fsp3) is 0.381. The van der Waals surface area contributed by atoms with Crippen molar-refractivity contribution >= 4 is 17.7 Å². The number of hydrogen-bond acceptors (Lipinski definition) is 2. The number of amides is 1. The van der Waals surface area contributed by atoms with E-state index in [-0.39, 0.29) is 11.9 Å². The van der Waals surface area contributed by atoms with E-state index in [1.165, 1.54) is 22.3 Å². The Morgan fingerprint density at radius 3 is 2.25 bits per heavy atom. The van der Waals surface area contributed by atoms with Gasteiger partial charge < -0.3 is 5.32 Å². The van der Waals surface area contributed by atoms with E-state index < -0.39 is 0 Å². The van der Waals surface area contributed by atoms with Crippen LogP contribution in [0.25, 0.3) is 0 Å². The summed E-state index contributed by atoms with van der Waals surface area (Å²) in [6.07, 6.45) is 0. The van der Waals surface area contributed by atoms with Gasteiger partial charge in [-0.15, -0.1) is 11.8 Å². The van der Waals surface area contributed by atoms with Crippen LogP contribution in [0.15, 0.2) is 41.3 Å². The average molecular weight is 342 g/mol. The number of carbonyl (C=O) groups is 1. The molecule has 0 saturated heterocycles. The van der Waals surface area contributed by atoms with Crippen LogP contribution in [-0.4, -0.2) is 11.2 Å². The third-order valence-corrected chi connectivity index (χ3v) is 5.27. The largest absolute Gasteiger partial charge is 0.345 e. The minimum absolute atomic E-state index is 0.0103. The highest BCUT2D eigenvalue weighted by molar-refractivity contribution is 8.00. The van der Waals surface area contributed by atoms with Crippen LogP contribution in [0, 0.1) is 20.8 Å². The average Bonchev–Trinajstić information content (AvgIpc) is 2.50. The molecule has 0 heterocycles. The number of hydrogen-bond donors (Lipinski definition) is 1. The first kappa shape index (κ1) is 18.6. The van der Waals surface area contributed by atoms with Crippen molar-refractivity contribution in [3.8, 4) is 0 Å². The number of nitrogens with one attached hydrogen (secondary N) is 1. The topological polar surface area (TPSA) is 29.1 Å². The van der Waals surface area contributed by atoms with Crippen molar-refractivity contribution in [2.75, 3.05) is 0 Å². The monoisotopic (exact) mass is 341 g/mol. The lowest BCUT2D eigenvalue weighted by atomic mass is 9.96. The van der Waals surface area contributed by atoms with Gasteiger partial charge in [-0.2, -0.15) is 0 Å². The molecular formula is C21H27NOS. The number of carbonyl (C=O) groups excluding carboxylic acids is 1. The van der Waals surface area contributed by atoms with E-state index in [4.69, 9.17) is 0 Å². The predicted molar refractivity (Wildman–Crippen MR) is 104 cm³/mol. The Morgan fingerprint density at radius 1 is 0.958 bits per heavy atom. The van der Waals surface area contributed by atoms with Crippen molar-refractivity contribution in [1.29, 1.82) is 0 Å². The summed E-state index contributed by atoms with van der Waals surface area (Å²) in [6, 6.07) is 12.2. The molecule has 2 rings (SSSR count). The lowest BCUT2D eigenvalue weighted by Gasteiger charge is -2.19. The molecule has 1 amide bonds.